The summed E-state index contributed by atoms with van der Waals surface area (Å²) in [6, 6.07) is 3.13. The van der Waals surface area contributed by atoms with Gasteiger partial charge in [-0.05, 0) is 25.5 Å². The van der Waals surface area contributed by atoms with Crippen LogP contribution in [0.3, 0.4) is 0 Å². The Morgan fingerprint density at radius 3 is 2.56 bits per heavy atom. The van der Waals surface area contributed by atoms with E-state index in [9.17, 15) is 26.8 Å². The maximum absolute atomic E-state index is 13.5. The lowest BCUT2D eigenvalue weighted by Crippen LogP contribution is -2.31. The van der Waals surface area contributed by atoms with Gasteiger partial charge >= 0.3 is 5.97 Å². The fourth-order valence-corrected chi connectivity index (χ4v) is 5.63. The van der Waals surface area contributed by atoms with Crippen LogP contribution in [0.5, 0.6) is 0 Å². The third-order valence-electron chi connectivity index (χ3n) is 3.52. The van der Waals surface area contributed by atoms with Crippen LogP contribution in [-0.2, 0) is 24.2 Å². The summed E-state index contributed by atoms with van der Waals surface area (Å²) in [6.45, 7) is 1.27. The largest absolute Gasteiger partial charge is 0.452 e. The SMILES string of the molecule is C[C@H](OC(=O)CS[C@H]1CCS(=O)(=O)C1)C(=O)Nc1c(F)cccc1F. The molecule has 2 atom stereocenters. The zero-order chi connectivity index (χ0) is 18.6. The third kappa shape index (κ3) is 5.67. The molecule has 1 N–H and O–H groups in total. The minimum atomic E-state index is -3.03. The number of hydrogen-bond donors (Lipinski definition) is 1. The number of sulfone groups is 1. The fraction of sp³-hybridized carbons (Fsp3) is 0.467. The molecule has 1 amide bonds. The number of amides is 1. The number of esters is 1. The van der Waals surface area contributed by atoms with E-state index >= 15 is 0 Å². The highest BCUT2D eigenvalue weighted by Crippen LogP contribution is 2.24. The Morgan fingerprint density at radius 2 is 2.00 bits per heavy atom. The second-order valence-electron chi connectivity index (χ2n) is 5.55. The number of benzene rings is 1. The summed E-state index contributed by atoms with van der Waals surface area (Å²) in [7, 11) is -3.03. The molecule has 0 aromatic heterocycles. The van der Waals surface area contributed by atoms with Crippen LogP contribution in [-0.4, -0.2) is 48.9 Å². The lowest BCUT2D eigenvalue weighted by Gasteiger charge is -2.15. The van der Waals surface area contributed by atoms with Crippen molar-refractivity contribution in [1.82, 2.24) is 0 Å². The number of ether oxygens (including phenoxy) is 1. The van der Waals surface area contributed by atoms with Crippen LogP contribution in [0, 0.1) is 11.6 Å². The molecule has 1 aliphatic rings. The molecule has 1 saturated heterocycles. The number of halogens is 2. The molecule has 0 aliphatic carbocycles. The zero-order valence-electron chi connectivity index (χ0n) is 13.3. The van der Waals surface area contributed by atoms with E-state index in [0.717, 1.165) is 30.0 Å². The van der Waals surface area contributed by atoms with E-state index in [1.165, 1.54) is 6.92 Å². The number of thioether (sulfide) groups is 1. The summed E-state index contributed by atoms with van der Waals surface area (Å²) in [6.07, 6.45) is -0.775. The molecule has 0 radical (unpaired) electrons. The Hall–Kier alpha value is -1.68. The number of rotatable bonds is 6. The maximum atomic E-state index is 13.5. The molecule has 1 aromatic carbocycles. The van der Waals surface area contributed by atoms with Crippen molar-refractivity contribution < 1.29 is 31.5 Å². The first-order chi connectivity index (χ1) is 11.7. The van der Waals surface area contributed by atoms with Crippen molar-refractivity contribution in [1.29, 1.82) is 0 Å². The first-order valence-electron chi connectivity index (χ1n) is 7.44. The van der Waals surface area contributed by atoms with Gasteiger partial charge in [-0.2, -0.15) is 0 Å². The van der Waals surface area contributed by atoms with Crippen LogP contribution < -0.4 is 5.32 Å². The van der Waals surface area contributed by atoms with Crippen molar-refractivity contribution in [3.05, 3.63) is 29.8 Å². The molecule has 25 heavy (non-hydrogen) atoms. The quantitative estimate of drug-likeness (QED) is 0.741. The van der Waals surface area contributed by atoms with E-state index in [0.29, 0.717) is 6.42 Å². The average Bonchev–Trinajstić information content (AvgIpc) is 2.88. The molecular weight excluding hydrogens is 376 g/mol. The highest BCUT2D eigenvalue weighted by Gasteiger charge is 2.29. The van der Waals surface area contributed by atoms with Crippen LogP contribution in [0.25, 0.3) is 0 Å². The van der Waals surface area contributed by atoms with Crippen LogP contribution in [0.4, 0.5) is 14.5 Å². The van der Waals surface area contributed by atoms with Gasteiger partial charge in [0.2, 0.25) is 0 Å². The fourth-order valence-electron chi connectivity index (χ4n) is 2.21. The van der Waals surface area contributed by atoms with Crippen molar-refractivity contribution in [2.24, 2.45) is 0 Å². The summed E-state index contributed by atoms with van der Waals surface area (Å²) in [5, 5.41) is 1.87. The number of para-hydroxylation sites is 1. The van der Waals surface area contributed by atoms with Gasteiger partial charge in [0.15, 0.2) is 15.9 Å². The van der Waals surface area contributed by atoms with E-state index in [1.807, 2.05) is 5.32 Å². The molecule has 1 aliphatic heterocycles. The van der Waals surface area contributed by atoms with Crippen molar-refractivity contribution in [2.45, 2.75) is 24.7 Å². The molecule has 0 bridgehead atoms. The predicted octanol–water partition coefficient (Wildman–Crippen LogP) is 1.76. The number of nitrogens with one attached hydrogen (secondary N) is 1. The van der Waals surface area contributed by atoms with Gasteiger partial charge < -0.3 is 10.1 Å². The zero-order valence-corrected chi connectivity index (χ0v) is 15.0. The summed E-state index contributed by atoms with van der Waals surface area (Å²) < 4.78 is 54.5. The lowest BCUT2D eigenvalue weighted by molar-refractivity contribution is -0.150. The van der Waals surface area contributed by atoms with Crippen LogP contribution >= 0.6 is 11.8 Å². The van der Waals surface area contributed by atoms with Gasteiger partial charge in [0.1, 0.15) is 17.3 Å². The molecule has 138 valence electrons. The monoisotopic (exact) mass is 393 g/mol. The van der Waals surface area contributed by atoms with Crippen LogP contribution in [0.15, 0.2) is 18.2 Å². The molecule has 6 nitrogen and oxygen atoms in total. The Bertz CT molecular complexity index is 749. The van der Waals surface area contributed by atoms with E-state index in [-0.39, 0.29) is 22.5 Å². The molecule has 0 saturated carbocycles. The summed E-state index contributed by atoms with van der Waals surface area (Å²) in [5.74, 6) is -3.43. The van der Waals surface area contributed by atoms with Crippen molar-refractivity contribution in [2.75, 3.05) is 22.6 Å². The predicted molar refractivity (Wildman–Crippen MR) is 90.1 cm³/mol. The van der Waals surface area contributed by atoms with E-state index in [2.05, 4.69) is 0 Å². The number of anilines is 1. The molecule has 0 spiro atoms. The van der Waals surface area contributed by atoms with Gasteiger partial charge in [0.25, 0.3) is 5.91 Å². The summed E-state index contributed by atoms with van der Waals surface area (Å²) >= 11 is 1.15. The van der Waals surface area contributed by atoms with E-state index in [4.69, 9.17) is 4.74 Å². The normalized spacial score (nSPS) is 20.0. The van der Waals surface area contributed by atoms with Gasteiger partial charge in [0.05, 0.1) is 17.3 Å². The van der Waals surface area contributed by atoms with E-state index in [1.54, 1.807) is 0 Å². The minimum absolute atomic E-state index is 0.0214. The Morgan fingerprint density at radius 1 is 1.36 bits per heavy atom. The number of carbonyl (C=O) groups is 2. The van der Waals surface area contributed by atoms with Crippen LogP contribution in [0.1, 0.15) is 13.3 Å². The Balaban J connectivity index is 1.81. The maximum Gasteiger partial charge on any atom is 0.316 e. The van der Waals surface area contributed by atoms with Gasteiger partial charge in [-0.25, -0.2) is 17.2 Å². The molecule has 1 aromatic rings. The van der Waals surface area contributed by atoms with Gasteiger partial charge in [-0.3, -0.25) is 9.59 Å². The van der Waals surface area contributed by atoms with Gasteiger partial charge in [-0.1, -0.05) is 6.07 Å². The van der Waals surface area contributed by atoms with Crippen molar-refractivity contribution in [3.63, 3.8) is 0 Å². The smallest absolute Gasteiger partial charge is 0.316 e. The van der Waals surface area contributed by atoms with Crippen molar-refractivity contribution >= 4 is 39.2 Å². The molecule has 1 fully saturated rings. The van der Waals surface area contributed by atoms with Gasteiger partial charge in [-0.15, -0.1) is 11.8 Å². The molecule has 10 heteroatoms. The summed E-state index contributed by atoms with van der Waals surface area (Å²) in [4.78, 5) is 23.6. The van der Waals surface area contributed by atoms with Crippen LogP contribution in [0.2, 0.25) is 0 Å². The Kier molecular flexibility index (Phi) is 6.39. The second kappa shape index (κ2) is 8.13. The highest BCUT2D eigenvalue weighted by molar-refractivity contribution is 8.02. The Labute approximate surface area is 148 Å². The number of hydrogen-bond acceptors (Lipinski definition) is 6. The molecule has 1 heterocycles. The minimum Gasteiger partial charge on any atom is -0.452 e. The average molecular weight is 393 g/mol. The standard InChI is InChI=1S/C15H17F2NO5S2/c1-9(15(20)18-14-11(16)3-2-4-12(14)17)23-13(19)7-24-10-5-6-25(21,22)8-10/h2-4,9-10H,5-8H2,1H3,(H,18,20)/t9-,10-/m0/s1. The number of carbonyl (C=O) groups excluding carboxylic acids is 2. The van der Waals surface area contributed by atoms with Gasteiger partial charge in [0, 0.05) is 5.25 Å². The first-order valence-corrected chi connectivity index (χ1v) is 10.3. The third-order valence-corrected chi connectivity index (χ3v) is 6.77. The lowest BCUT2D eigenvalue weighted by atomic mass is 10.2. The topological polar surface area (TPSA) is 89.5 Å². The molecule has 0 unspecified atom stereocenters. The molecule has 2 rings (SSSR count). The highest BCUT2D eigenvalue weighted by atomic mass is 32.2. The first kappa shape index (κ1) is 19.6. The van der Waals surface area contributed by atoms with Crippen molar-refractivity contribution in [3.8, 4) is 0 Å². The summed E-state index contributed by atoms with van der Waals surface area (Å²) in [5.41, 5.74) is -0.610. The van der Waals surface area contributed by atoms with E-state index < -0.39 is 45.1 Å². The second-order valence-corrected chi connectivity index (χ2v) is 9.07. The molecular formula is C15H17F2NO5S2.